The summed E-state index contributed by atoms with van der Waals surface area (Å²) in [7, 11) is 0. The van der Waals surface area contributed by atoms with Crippen molar-refractivity contribution in [2.24, 2.45) is 0 Å². The molecule has 1 aliphatic rings. The monoisotopic (exact) mass is 313 g/mol. The summed E-state index contributed by atoms with van der Waals surface area (Å²) >= 11 is 0. The Labute approximate surface area is 90.1 Å². The average molecular weight is 316 g/mol. The average Bonchev–Trinajstić information content (AvgIpc) is 1.76. The molecule has 0 nitrogen and oxygen atoms in total. The van der Waals surface area contributed by atoms with Crippen LogP contribution in [0.2, 0.25) is 0 Å². The van der Waals surface area contributed by atoms with E-state index in [0.29, 0.717) is 0 Å². The van der Waals surface area contributed by atoms with Gasteiger partial charge in [0.15, 0.2) is 0 Å². The third kappa shape index (κ3) is 7.32. The van der Waals surface area contributed by atoms with Gasteiger partial charge in [-0.1, -0.05) is 0 Å². The third-order valence-corrected chi connectivity index (χ3v) is 0.586. The molecule has 1 aliphatic carbocycles. The summed E-state index contributed by atoms with van der Waals surface area (Å²) < 4.78 is 0. The Kier molecular flexibility index (Phi) is 22.5. The molecular formula is C5H5Br2Zr. The molecule has 0 aromatic carbocycles. The minimum atomic E-state index is 0. The topological polar surface area (TPSA) is 0 Å². The fourth-order valence-electron chi connectivity index (χ4n) is 0.340. The summed E-state index contributed by atoms with van der Waals surface area (Å²) in [6.45, 7) is 0. The van der Waals surface area contributed by atoms with Crippen LogP contribution in [0.4, 0.5) is 0 Å². The van der Waals surface area contributed by atoms with Gasteiger partial charge in [-0.05, 0) is 0 Å². The molecule has 1 rings (SSSR count). The zero-order chi connectivity index (χ0) is 3.54. The molecule has 3 heteroatoms. The molecule has 0 heterocycles. The van der Waals surface area contributed by atoms with Crippen LogP contribution in [0.1, 0.15) is 6.42 Å². The Bertz CT molecular complexity index is 68.5. The van der Waals surface area contributed by atoms with Gasteiger partial charge in [-0.3, -0.25) is 6.08 Å². The summed E-state index contributed by atoms with van der Waals surface area (Å²) in [4.78, 5) is 0. The third-order valence-electron chi connectivity index (χ3n) is 0.586. The van der Waals surface area contributed by atoms with Gasteiger partial charge in [-0.2, -0.15) is 6.08 Å². The van der Waals surface area contributed by atoms with Crippen LogP contribution in [0.25, 0.3) is 0 Å². The Morgan fingerprint density at radius 3 is 2.00 bits per heavy atom. The minimum Gasteiger partial charge on any atom is -1.00 e. The summed E-state index contributed by atoms with van der Waals surface area (Å²) in [5.41, 5.74) is 0. The summed E-state index contributed by atoms with van der Waals surface area (Å²) in [6.07, 6.45) is 10.0. The molecule has 0 aromatic rings. The molecule has 0 fully saturated rings. The Hall–Kier alpha value is 1.32. The van der Waals surface area contributed by atoms with Gasteiger partial charge in [0.2, 0.25) is 0 Å². The van der Waals surface area contributed by atoms with E-state index in [-0.39, 0.29) is 60.2 Å². The van der Waals surface area contributed by atoms with Gasteiger partial charge >= 0.3 is 26.2 Å². The first kappa shape index (κ1) is 16.2. The number of halogens is 2. The van der Waals surface area contributed by atoms with Crippen molar-refractivity contribution in [3.63, 3.8) is 0 Å². The molecule has 0 spiro atoms. The maximum atomic E-state index is 2.99. The van der Waals surface area contributed by atoms with Crippen molar-refractivity contribution in [3.8, 4) is 0 Å². The predicted octanol–water partition coefficient (Wildman–Crippen LogP) is -4.69. The summed E-state index contributed by atoms with van der Waals surface area (Å²) in [5, 5.41) is 0. The van der Waals surface area contributed by atoms with Gasteiger partial charge in [-0.25, -0.2) is 12.2 Å². The van der Waals surface area contributed by atoms with Crippen molar-refractivity contribution >= 4 is 0 Å². The molecule has 0 N–H and O–H groups in total. The van der Waals surface area contributed by atoms with E-state index >= 15 is 0 Å². The maximum Gasteiger partial charge on any atom is 3.00 e. The van der Waals surface area contributed by atoms with E-state index in [1.54, 1.807) is 0 Å². The Morgan fingerprint density at radius 2 is 1.88 bits per heavy atom. The molecule has 1 radical (unpaired) electrons. The zero-order valence-electron chi connectivity index (χ0n) is 4.20. The second-order valence-corrected chi connectivity index (χ2v) is 1.00. The second-order valence-electron chi connectivity index (χ2n) is 1.00. The molecule has 0 amide bonds. The molecule has 8 heavy (non-hydrogen) atoms. The number of hydrogen-bond acceptors (Lipinski definition) is 0. The van der Waals surface area contributed by atoms with E-state index in [0.717, 1.165) is 6.42 Å². The fourth-order valence-corrected chi connectivity index (χ4v) is 0.340. The minimum absolute atomic E-state index is 0. The Balaban J connectivity index is -0.0000000833. The van der Waals surface area contributed by atoms with Gasteiger partial charge < -0.3 is 34.0 Å². The summed E-state index contributed by atoms with van der Waals surface area (Å²) in [5.74, 6) is 0. The van der Waals surface area contributed by atoms with Crippen LogP contribution in [-0.4, -0.2) is 0 Å². The van der Waals surface area contributed by atoms with Gasteiger partial charge in [0.1, 0.15) is 0 Å². The number of rotatable bonds is 0. The molecule has 0 unspecified atom stereocenters. The van der Waals surface area contributed by atoms with E-state index < -0.39 is 0 Å². The molecule has 0 saturated heterocycles. The van der Waals surface area contributed by atoms with E-state index in [2.05, 4.69) is 12.2 Å². The maximum absolute atomic E-state index is 2.99. The van der Waals surface area contributed by atoms with Gasteiger partial charge in [0.25, 0.3) is 0 Å². The van der Waals surface area contributed by atoms with E-state index in [1.807, 2.05) is 12.2 Å². The number of hydrogen-bond donors (Lipinski definition) is 0. The molecule has 0 saturated carbocycles. The smallest absolute Gasteiger partial charge is 1.00 e. The fraction of sp³-hybridized carbons (Fsp3) is 0.200. The van der Waals surface area contributed by atoms with Crippen LogP contribution >= 0.6 is 0 Å². The first-order chi connectivity index (χ1) is 2.50. The zero-order valence-corrected chi connectivity index (χ0v) is 9.83. The first-order valence-corrected chi connectivity index (χ1v) is 1.72. The van der Waals surface area contributed by atoms with Crippen LogP contribution < -0.4 is 34.0 Å². The standard InChI is InChI=1S/C5H5.2BrH.Zr/c1-2-4-5-3-1;;;/h1-3H,4H2;2*1H;/q-1;;;+3/p-2. The molecule has 0 aliphatic heterocycles. The van der Waals surface area contributed by atoms with Crippen molar-refractivity contribution in [3.05, 3.63) is 24.3 Å². The van der Waals surface area contributed by atoms with E-state index in [9.17, 15) is 0 Å². The van der Waals surface area contributed by atoms with Gasteiger partial charge in [0, 0.05) is 0 Å². The van der Waals surface area contributed by atoms with Crippen LogP contribution in [-0.2, 0) is 26.2 Å². The number of allylic oxidation sites excluding steroid dienone is 4. The largest absolute Gasteiger partial charge is 3.00 e. The Morgan fingerprint density at radius 1 is 1.25 bits per heavy atom. The molecule has 0 atom stereocenters. The normalized spacial score (nSPS) is 11.0. The van der Waals surface area contributed by atoms with Crippen LogP contribution in [0.15, 0.2) is 18.2 Å². The van der Waals surface area contributed by atoms with Crippen molar-refractivity contribution in [1.82, 2.24) is 0 Å². The van der Waals surface area contributed by atoms with Crippen molar-refractivity contribution < 1.29 is 60.2 Å². The van der Waals surface area contributed by atoms with Gasteiger partial charge in [-0.15, -0.1) is 6.42 Å². The molecule has 43 valence electrons. The molecule has 0 aromatic heterocycles. The van der Waals surface area contributed by atoms with Crippen LogP contribution in [0.5, 0.6) is 0 Å². The van der Waals surface area contributed by atoms with Crippen molar-refractivity contribution in [1.29, 1.82) is 0 Å². The van der Waals surface area contributed by atoms with Crippen LogP contribution in [0.3, 0.4) is 0 Å². The first-order valence-electron chi connectivity index (χ1n) is 1.72. The van der Waals surface area contributed by atoms with Crippen molar-refractivity contribution in [2.75, 3.05) is 0 Å². The molecular weight excluding hydrogens is 311 g/mol. The summed E-state index contributed by atoms with van der Waals surface area (Å²) in [6, 6.07) is 0. The van der Waals surface area contributed by atoms with E-state index in [1.165, 1.54) is 0 Å². The van der Waals surface area contributed by atoms with Crippen LogP contribution in [0, 0.1) is 6.08 Å². The van der Waals surface area contributed by atoms with Crippen molar-refractivity contribution in [2.45, 2.75) is 6.42 Å². The SMILES string of the molecule is [Br-].[Br-].[C-]1=CC=CC1.[Zr+3]. The second kappa shape index (κ2) is 11.2. The van der Waals surface area contributed by atoms with E-state index in [4.69, 9.17) is 0 Å². The predicted molar refractivity (Wildman–Crippen MR) is 21.6 cm³/mol. The quantitative estimate of drug-likeness (QED) is 0.394. The molecule has 0 bridgehead atoms. The van der Waals surface area contributed by atoms with Gasteiger partial charge in [0.05, 0.1) is 0 Å².